The fraction of sp³-hybridized carbons (Fsp3) is 0.450. The molecule has 2 aliphatic heterocycles. The molecule has 2 aliphatic rings. The summed E-state index contributed by atoms with van der Waals surface area (Å²) in [7, 11) is 0. The van der Waals surface area contributed by atoms with Crippen LogP contribution in [0, 0.1) is 0 Å². The van der Waals surface area contributed by atoms with Crippen LogP contribution in [0.5, 0.6) is 0 Å². The van der Waals surface area contributed by atoms with Gasteiger partial charge in [0.15, 0.2) is 11.5 Å². The number of carbonyl (C=O) groups excluding carboxylic acids is 1. The number of hydrogen-bond donors (Lipinski definition) is 3. The Labute approximate surface area is 165 Å². The third kappa shape index (κ3) is 3.34. The van der Waals surface area contributed by atoms with E-state index in [1.807, 2.05) is 41.3 Å². The maximum Gasteiger partial charge on any atom is 0.323 e. The Hall–Kier alpha value is -2.55. The highest BCUT2D eigenvalue weighted by Gasteiger charge is 2.54. The molecule has 8 heteroatoms. The zero-order valence-electron chi connectivity index (χ0n) is 16.1. The Kier molecular flexibility index (Phi) is 5.52. The van der Waals surface area contributed by atoms with Crippen LogP contribution in [0.15, 0.2) is 48.8 Å². The molecule has 0 spiro atoms. The largest absolute Gasteiger partial charge is 0.323 e. The number of nitrogens with one attached hydrogen (secondary N) is 3. The first-order valence-electron chi connectivity index (χ1n) is 9.83. The zero-order chi connectivity index (χ0) is 19.4. The Morgan fingerprint density at radius 2 is 1.79 bits per heavy atom. The van der Waals surface area contributed by atoms with Gasteiger partial charge >= 0.3 is 6.03 Å². The summed E-state index contributed by atoms with van der Waals surface area (Å²) in [6, 6.07) is 11.2. The van der Waals surface area contributed by atoms with Gasteiger partial charge in [-0.1, -0.05) is 18.2 Å². The molecule has 0 bridgehead atoms. The fourth-order valence-electron chi connectivity index (χ4n) is 4.30. The SMILES string of the molecule is CC1NCCN(C(=O)Nc2ccccc2)C1(c1ncccn1)N1CCNCC1. The van der Waals surface area contributed by atoms with E-state index in [2.05, 4.69) is 37.7 Å². The Morgan fingerprint density at radius 3 is 2.50 bits per heavy atom. The molecule has 2 unspecified atom stereocenters. The quantitative estimate of drug-likeness (QED) is 0.737. The van der Waals surface area contributed by atoms with E-state index < -0.39 is 5.66 Å². The standard InChI is InChI=1S/C20H27N7O/c1-16-20(18-23-8-5-9-24-18,26-13-10-21-11-14-26)27(15-12-22-16)19(28)25-17-6-3-2-4-7-17/h2-9,16,21-22H,10-15H2,1H3,(H,25,28). The predicted octanol–water partition coefficient (Wildman–Crippen LogP) is 1.06. The molecule has 1 aromatic carbocycles. The molecule has 2 fully saturated rings. The van der Waals surface area contributed by atoms with Crippen molar-refractivity contribution in [2.75, 3.05) is 44.6 Å². The normalized spacial score (nSPS) is 26.0. The van der Waals surface area contributed by atoms with Crippen molar-refractivity contribution in [2.24, 2.45) is 0 Å². The van der Waals surface area contributed by atoms with Crippen molar-refractivity contribution in [3.63, 3.8) is 0 Å². The molecule has 2 aromatic rings. The van der Waals surface area contributed by atoms with Crippen LogP contribution in [-0.2, 0) is 5.66 Å². The van der Waals surface area contributed by atoms with Gasteiger partial charge in [-0.15, -0.1) is 0 Å². The van der Waals surface area contributed by atoms with E-state index >= 15 is 0 Å². The van der Waals surface area contributed by atoms with Crippen LogP contribution >= 0.6 is 0 Å². The third-order valence-corrected chi connectivity index (χ3v) is 5.57. The van der Waals surface area contributed by atoms with Crippen LogP contribution in [0.3, 0.4) is 0 Å². The summed E-state index contributed by atoms with van der Waals surface area (Å²) in [4.78, 5) is 26.9. The minimum absolute atomic E-state index is 0.0247. The van der Waals surface area contributed by atoms with Crippen molar-refractivity contribution in [3.05, 3.63) is 54.6 Å². The van der Waals surface area contributed by atoms with Gasteiger partial charge in [0, 0.05) is 63.4 Å². The number of benzene rings is 1. The minimum Gasteiger partial charge on any atom is -0.314 e. The van der Waals surface area contributed by atoms with Crippen molar-refractivity contribution < 1.29 is 4.79 Å². The van der Waals surface area contributed by atoms with Crippen LogP contribution in [0.25, 0.3) is 0 Å². The minimum atomic E-state index is -0.750. The average Bonchev–Trinajstić information content (AvgIpc) is 2.75. The lowest BCUT2D eigenvalue weighted by Gasteiger charge is -2.56. The van der Waals surface area contributed by atoms with Gasteiger partial charge in [0.2, 0.25) is 0 Å². The molecule has 1 aromatic heterocycles. The van der Waals surface area contributed by atoms with Crippen molar-refractivity contribution >= 4 is 11.7 Å². The average molecular weight is 381 g/mol. The van der Waals surface area contributed by atoms with Gasteiger partial charge in [-0.2, -0.15) is 0 Å². The van der Waals surface area contributed by atoms with E-state index in [1.165, 1.54) is 0 Å². The molecule has 2 amide bonds. The highest BCUT2D eigenvalue weighted by atomic mass is 16.2. The van der Waals surface area contributed by atoms with E-state index in [4.69, 9.17) is 0 Å². The van der Waals surface area contributed by atoms with Crippen molar-refractivity contribution in [3.8, 4) is 0 Å². The molecular formula is C20H27N7O. The van der Waals surface area contributed by atoms with Crippen LogP contribution in [-0.4, -0.2) is 71.1 Å². The van der Waals surface area contributed by atoms with Crippen molar-refractivity contribution in [1.82, 2.24) is 30.4 Å². The number of rotatable bonds is 3. The van der Waals surface area contributed by atoms with E-state index in [-0.39, 0.29) is 12.1 Å². The van der Waals surface area contributed by atoms with Gasteiger partial charge in [-0.25, -0.2) is 14.8 Å². The van der Waals surface area contributed by atoms with Crippen LogP contribution in [0.1, 0.15) is 12.7 Å². The summed E-state index contributed by atoms with van der Waals surface area (Å²) in [5.74, 6) is 0.653. The lowest BCUT2D eigenvalue weighted by Crippen LogP contribution is -2.75. The summed E-state index contributed by atoms with van der Waals surface area (Å²) >= 11 is 0. The molecule has 148 valence electrons. The molecule has 8 nitrogen and oxygen atoms in total. The summed E-state index contributed by atoms with van der Waals surface area (Å²) in [6.45, 7) is 6.79. The first kappa shape index (κ1) is 18.8. The topological polar surface area (TPSA) is 85.4 Å². The number of carbonyl (C=O) groups is 1. The van der Waals surface area contributed by atoms with E-state index in [0.717, 1.165) is 38.4 Å². The second kappa shape index (κ2) is 8.22. The maximum absolute atomic E-state index is 13.4. The molecule has 2 saturated heterocycles. The van der Waals surface area contributed by atoms with Crippen LogP contribution < -0.4 is 16.0 Å². The van der Waals surface area contributed by atoms with Gasteiger partial charge in [0.1, 0.15) is 0 Å². The highest BCUT2D eigenvalue weighted by molar-refractivity contribution is 5.90. The van der Waals surface area contributed by atoms with Gasteiger partial charge in [0.05, 0.1) is 0 Å². The van der Waals surface area contributed by atoms with Gasteiger partial charge < -0.3 is 16.0 Å². The summed E-state index contributed by atoms with van der Waals surface area (Å²) < 4.78 is 0. The van der Waals surface area contributed by atoms with Crippen LogP contribution in [0.2, 0.25) is 0 Å². The Balaban J connectivity index is 1.76. The molecule has 3 N–H and O–H groups in total. The molecule has 3 heterocycles. The second-order valence-corrected chi connectivity index (χ2v) is 7.16. The van der Waals surface area contributed by atoms with Gasteiger partial charge in [0.25, 0.3) is 0 Å². The van der Waals surface area contributed by atoms with Gasteiger partial charge in [-0.05, 0) is 25.1 Å². The molecule has 28 heavy (non-hydrogen) atoms. The van der Waals surface area contributed by atoms with E-state index in [1.54, 1.807) is 12.4 Å². The second-order valence-electron chi connectivity index (χ2n) is 7.16. The molecule has 0 radical (unpaired) electrons. The molecule has 2 atom stereocenters. The number of aromatic nitrogens is 2. The first-order chi connectivity index (χ1) is 13.7. The molecule has 0 aliphatic carbocycles. The van der Waals surface area contributed by atoms with E-state index in [0.29, 0.717) is 12.4 Å². The molecule has 4 rings (SSSR count). The summed E-state index contributed by atoms with van der Waals surface area (Å²) in [6.07, 6.45) is 3.50. The van der Waals surface area contributed by atoms with Gasteiger partial charge in [-0.3, -0.25) is 9.80 Å². The fourth-order valence-corrected chi connectivity index (χ4v) is 4.30. The first-order valence-corrected chi connectivity index (χ1v) is 9.83. The van der Waals surface area contributed by atoms with Crippen molar-refractivity contribution in [1.29, 1.82) is 0 Å². The lowest BCUT2D eigenvalue weighted by atomic mass is 9.92. The predicted molar refractivity (Wildman–Crippen MR) is 108 cm³/mol. The zero-order valence-corrected chi connectivity index (χ0v) is 16.1. The number of urea groups is 1. The Bertz CT molecular complexity index is 782. The smallest absolute Gasteiger partial charge is 0.314 e. The number of para-hydroxylation sites is 1. The number of hydrogen-bond acceptors (Lipinski definition) is 6. The number of amides is 2. The van der Waals surface area contributed by atoms with Crippen molar-refractivity contribution in [2.45, 2.75) is 18.6 Å². The monoisotopic (exact) mass is 381 g/mol. The number of anilines is 1. The highest BCUT2D eigenvalue weighted by Crippen LogP contribution is 2.36. The molecule has 0 saturated carbocycles. The van der Waals surface area contributed by atoms with E-state index in [9.17, 15) is 4.79 Å². The Morgan fingerprint density at radius 1 is 1.07 bits per heavy atom. The maximum atomic E-state index is 13.4. The summed E-state index contributed by atoms with van der Waals surface area (Å²) in [5.41, 5.74) is 0.0300. The number of piperazine rings is 2. The third-order valence-electron chi connectivity index (χ3n) is 5.57. The summed E-state index contributed by atoms with van der Waals surface area (Å²) in [5, 5.41) is 10.0. The molecular weight excluding hydrogens is 354 g/mol. The van der Waals surface area contributed by atoms with Crippen LogP contribution in [0.4, 0.5) is 10.5 Å². The lowest BCUT2D eigenvalue weighted by molar-refractivity contribution is -0.0891. The number of nitrogens with zero attached hydrogens (tertiary/aromatic N) is 4.